The van der Waals surface area contributed by atoms with Crippen molar-refractivity contribution in [2.24, 2.45) is 0 Å². The minimum absolute atomic E-state index is 0.233. The van der Waals surface area contributed by atoms with E-state index in [1.807, 2.05) is 6.92 Å². The van der Waals surface area contributed by atoms with Crippen LogP contribution in [0, 0.1) is 0 Å². The summed E-state index contributed by atoms with van der Waals surface area (Å²) in [6, 6.07) is -0.271. The van der Waals surface area contributed by atoms with Crippen LogP contribution in [0.25, 0.3) is 0 Å². The lowest BCUT2D eigenvalue weighted by molar-refractivity contribution is -0.239. The number of fused-ring (bicyclic) bond motifs is 1. The predicted molar refractivity (Wildman–Crippen MR) is 73.5 cm³/mol. The molecule has 2 saturated heterocycles. The summed E-state index contributed by atoms with van der Waals surface area (Å²) in [5, 5.41) is 0. The fourth-order valence-corrected chi connectivity index (χ4v) is 3.62. The highest BCUT2D eigenvalue weighted by Crippen LogP contribution is 2.34. The number of nitrogens with zero attached hydrogens (tertiary/aromatic N) is 1. The average Bonchev–Trinajstić information content (AvgIpc) is 2.77. The van der Waals surface area contributed by atoms with Gasteiger partial charge in [0, 0.05) is 13.3 Å². The van der Waals surface area contributed by atoms with Crippen molar-refractivity contribution in [3.8, 4) is 0 Å². The summed E-state index contributed by atoms with van der Waals surface area (Å²) < 4.78 is 17.2. The number of ether oxygens (including phenoxy) is 3. The van der Waals surface area contributed by atoms with Crippen molar-refractivity contribution in [2.75, 3.05) is 0 Å². The van der Waals surface area contributed by atoms with Gasteiger partial charge in [-0.25, -0.2) is 9.69 Å². The highest BCUT2D eigenvalue weighted by atomic mass is 16.7. The second-order valence-corrected chi connectivity index (χ2v) is 6.21. The van der Waals surface area contributed by atoms with Gasteiger partial charge in [-0.05, 0) is 19.8 Å². The van der Waals surface area contributed by atoms with Crippen LogP contribution >= 0.6 is 0 Å². The van der Waals surface area contributed by atoms with Crippen molar-refractivity contribution in [1.29, 1.82) is 0 Å². The highest BCUT2D eigenvalue weighted by Gasteiger charge is 2.51. The Morgan fingerprint density at radius 3 is 2.67 bits per heavy atom. The first-order chi connectivity index (χ1) is 10.1. The molecule has 0 bridgehead atoms. The molecule has 2 amide bonds. The van der Waals surface area contributed by atoms with Gasteiger partial charge in [-0.3, -0.25) is 4.79 Å². The maximum atomic E-state index is 11.8. The Hall–Kier alpha value is -1.14. The molecule has 3 fully saturated rings. The summed E-state index contributed by atoms with van der Waals surface area (Å²) in [6.45, 7) is 3.26. The normalized spacial score (nSPS) is 37.2. The summed E-state index contributed by atoms with van der Waals surface area (Å²) in [5.41, 5.74) is 0. The van der Waals surface area contributed by atoms with Gasteiger partial charge in [-0.2, -0.15) is 0 Å². The summed E-state index contributed by atoms with van der Waals surface area (Å²) in [5.74, 6) is -0.280. The van der Waals surface area contributed by atoms with Gasteiger partial charge >= 0.3 is 6.09 Å². The van der Waals surface area contributed by atoms with Crippen LogP contribution in [0.15, 0.2) is 0 Å². The van der Waals surface area contributed by atoms with Gasteiger partial charge in [-0.15, -0.1) is 0 Å². The molecule has 0 aromatic carbocycles. The van der Waals surface area contributed by atoms with Crippen LogP contribution in [-0.4, -0.2) is 47.5 Å². The smallest absolute Gasteiger partial charge is 0.417 e. The number of hydrogen-bond acceptors (Lipinski definition) is 5. The first-order valence-corrected chi connectivity index (χ1v) is 7.87. The molecule has 6 heteroatoms. The number of rotatable bonds is 2. The Morgan fingerprint density at radius 1 is 1.29 bits per heavy atom. The molecule has 0 spiro atoms. The highest BCUT2D eigenvalue weighted by molar-refractivity contribution is 5.92. The van der Waals surface area contributed by atoms with Gasteiger partial charge in [0.2, 0.25) is 5.91 Å². The van der Waals surface area contributed by atoms with Gasteiger partial charge in [0.15, 0.2) is 12.4 Å². The molecule has 21 heavy (non-hydrogen) atoms. The van der Waals surface area contributed by atoms with E-state index < -0.39 is 6.09 Å². The lowest BCUT2D eigenvalue weighted by atomic mass is 9.96. The van der Waals surface area contributed by atoms with E-state index in [-0.39, 0.29) is 36.6 Å². The fourth-order valence-electron chi connectivity index (χ4n) is 3.62. The molecule has 0 unspecified atom stereocenters. The zero-order chi connectivity index (χ0) is 15.0. The molecular weight excluding hydrogens is 274 g/mol. The van der Waals surface area contributed by atoms with Crippen molar-refractivity contribution in [2.45, 2.75) is 83.0 Å². The molecule has 3 aliphatic rings. The monoisotopic (exact) mass is 297 g/mol. The quantitative estimate of drug-likeness (QED) is 0.782. The Balaban J connectivity index is 1.66. The van der Waals surface area contributed by atoms with E-state index in [4.69, 9.17) is 14.2 Å². The first kappa shape index (κ1) is 14.8. The van der Waals surface area contributed by atoms with Crippen LogP contribution < -0.4 is 0 Å². The Labute approximate surface area is 124 Å². The Bertz CT molecular complexity index is 420. The molecule has 118 valence electrons. The van der Waals surface area contributed by atoms with Gasteiger partial charge in [0.05, 0.1) is 18.2 Å². The SMILES string of the molecule is CC(=O)N1C(=O)O[C@H]2[C@H](C)O[C@@H](OC3CCCCC3)C[C@H]21. The molecule has 6 nitrogen and oxygen atoms in total. The maximum Gasteiger partial charge on any atom is 0.417 e. The summed E-state index contributed by atoms with van der Waals surface area (Å²) in [4.78, 5) is 24.7. The van der Waals surface area contributed by atoms with E-state index in [9.17, 15) is 9.59 Å². The van der Waals surface area contributed by atoms with Gasteiger partial charge in [0.25, 0.3) is 0 Å². The number of hydrogen-bond donors (Lipinski definition) is 0. The number of carbonyl (C=O) groups is 2. The fraction of sp³-hybridized carbons (Fsp3) is 0.867. The minimum Gasteiger partial charge on any atom is -0.441 e. The minimum atomic E-state index is -0.564. The van der Waals surface area contributed by atoms with E-state index in [1.54, 1.807) is 0 Å². The summed E-state index contributed by atoms with van der Waals surface area (Å²) >= 11 is 0. The van der Waals surface area contributed by atoms with Crippen LogP contribution in [-0.2, 0) is 19.0 Å². The second-order valence-electron chi connectivity index (χ2n) is 6.21. The van der Waals surface area contributed by atoms with Crippen LogP contribution in [0.4, 0.5) is 4.79 Å². The lowest BCUT2D eigenvalue weighted by Crippen LogP contribution is -2.52. The predicted octanol–water partition coefficient (Wildman–Crippen LogP) is 2.21. The molecule has 0 radical (unpaired) electrons. The third-order valence-electron chi connectivity index (χ3n) is 4.64. The standard InChI is InChI=1S/C15H23NO5/c1-9-14-12(16(10(2)17)15(18)21-14)8-13(19-9)20-11-6-4-3-5-7-11/h9,11-14H,3-8H2,1-2H3/t9-,12+,13-,14-/m0/s1. The largest absolute Gasteiger partial charge is 0.441 e. The van der Waals surface area contributed by atoms with E-state index >= 15 is 0 Å². The number of amides is 2. The van der Waals surface area contributed by atoms with Crippen molar-refractivity contribution >= 4 is 12.0 Å². The van der Waals surface area contributed by atoms with Crippen LogP contribution in [0.3, 0.4) is 0 Å². The van der Waals surface area contributed by atoms with Crippen molar-refractivity contribution in [3.05, 3.63) is 0 Å². The average molecular weight is 297 g/mol. The maximum absolute atomic E-state index is 11.8. The number of imide groups is 1. The molecule has 2 aliphatic heterocycles. The van der Waals surface area contributed by atoms with Crippen LogP contribution in [0.2, 0.25) is 0 Å². The summed E-state index contributed by atoms with van der Waals surface area (Å²) in [6.07, 6.45) is 4.95. The van der Waals surface area contributed by atoms with E-state index in [0.29, 0.717) is 6.42 Å². The summed E-state index contributed by atoms with van der Waals surface area (Å²) in [7, 11) is 0. The molecule has 0 N–H and O–H groups in total. The van der Waals surface area contributed by atoms with Gasteiger partial charge in [-0.1, -0.05) is 19.3 Å². The van der Waals surface area contributed by atoms with Crippen molar-refractivity contribution < 1.29 is 23.8 Å². The molecule has 2 heterocycles. The third kappa shape index (κ3) is 2.92. The first-order valence-electron chi connectivity index (χ1n) is 7.87. The molecule has 4 atom stereocenters. The molecule has 0 aromatic heterocycles. The molecule has 1 aliphatic carbocycles. The van der Waals surface area contributed by atoms with E-state index in [2.05, 4.69) is 0 Å². The third-order valence-corrected chi connectivity index (χ3v) is 4.64. The van der Waals surface area contributed by atoms with Crippen molar-refractivity contribution in [3.63, 3.8) is 0 Å². The van der Waals surface area contributed by atoms with E-state index in [0.717, 1.165) is 12.8 Å². The van der Waals surface area contributed by atoms with Crippen LogP contribution in [0.1, 0.15) is 52.4 Å². The Kier molecular flexibility index (Phi) is 4.17. The molecular formula is C15H23NO5. The zero-order valence-electron chi connectivity index (χ0n) is 12.6. The number of carbonyl (C=O) groups excluding carboxylic acids is 2. The Morgan fingerprint density at radius 2 is 2.00 bits per heavy atom. The lowest BCUT2D eigenvalue weighted by Gasteiger charge is -2.38. The topological polar surface area (TPSA) is 65.1 Å². The zero-order valence-corrected chi connectivity index (χ0v) is 12.6. The van der Waals surface area contributed by atoms with Gasteiger partial charge in [0.1, 0.15) is 0 Å². The van der Waals surface area contributed by atoms with Crippen LogP contribution in [0.5, 0.6) is 0 Å². The molecule has 0 aromatic rings. The second kappa shape index (κ2) is 5.93. The molecule has 3 rings (SSSR count). The van der Waals surface area contributed by atoms with E-state index in [1.165, 1.54) is 31.1 Å². The van der Waals surface area contributed by atoms with Crippen molar-refractivity contribution in [1.82, 2.24) is 4.90 Å². The molecule has 1 saturated carbocycles. The van der Waals surface area contributed by atoms with Gasteiger partial charge < -0.3 is 14.2 Å².